The molecule has 0 spiro atoms. The predicted octanol–water partition coefficient (Wildman–Crippen LogP) is 2.33. The number of nitrogens with one attached hydrogen (secondary N) is 1. The van der Waals surface area contributed by atoms with Crippen LogP contribution in [0.4, 0.5) is 0 Å². The lowest BCUT2D eigenvalue weighted by atomic mass is 10.1. The van der Waals surface area contributed by atoms with Gasteiger partial charge in [0.15, 0.2) is 0 Å². The minimum Gasteiger partial charge on any atom is -0.377 e. The van der Waals surface area contributed by atoms with Gasteiger partial charge in [0.25, 0.3) is 5.91 Å². The number of amides is 1. The average Bonchev–Trinajstić information content (AvgIpc) is 3.21. The van der Waals surface area contributed by atoms with Crippen molar-refractivity contribution in [3.63, 3.8) is 0 Å². The molecule has 0 bridgehead atoms. The van der Waals surface area contributed by atoms with E-state index in [0.29, 0.717) is 18.8 Å². The zero-order chi connectivity index (χ0) is 16.4. The number of hydrogen-bond acceptors (Lipinski definition) is 4. The first-order chi connectivity index (χ1) is 11.1. The number of likely N-dealkylation sites (tertiary alicyclic amines) is 1. The Hall–Kier alpha value is -1.70. The van der Waals surface area contributed by atoms with Crippen molar-refractivity contribution in [2.24, 2.45) is 0 Å². The summed E-state index contributed by atoms with van der Waals surface area (Å²) in [7, 11) is 3.26. The molecule has 1 aliphatic rings. The number of rotatable bonds is 4. The fourth-order valence-electron chi connectivity index (χ4n) is 2.73. The van der Waals surface area contributed by atoms with Crippen LogP contribution in [0.3, 0.4) is 0 Å². The molecule has 1 amide bonds. The summed E-state index contributed by atoms with van der Waals surface area (Å²) in [4.78, 5) is 14.3. The van der Waals surface area contributed by atoms with Gasteiger partial charge in [-0.3, -0.25) is 9.89 Å². The molecule has 0 unspecified atom stereocenters. The SMILES string of the molecule is CO[C@H]1CN(C(=O)c2cc(-c3ccc(Br)cc3)n[nH]2)C[C@H]1OC. The van der Waals surface area contributed by atoms with Gasteiger partial charge in [-0.25, -0.2) is 0 Å². The molecule has 23 heavy (non-hydrogen) atoms. The molecule has 3 rings (SSSR count). The monoisotopic (exact) mass is 379 g/mol. The Balaban J connectivity index is 1.75. The van der Waals surface area contributed by atoms with E-state index in [2.05, 4.69) is 26.1 Å². The topological polar surface area (TPSA) is 67.5 Å². The van der Waals surface area contributed by atoms with Crippen molar-refractivity contribution in [1.82, 2.24) is 15.1 Å². The van der Waals surface area contributed by atoms with Crippen molar-refractivity contribution in [1.29, 1.82) is 0 Å². The number of aromatic amines is 1. The number of methoxy groups -OCH3 is 2. The number of H-pyrrole nitrogens is 1. The van der Waals surface area contributed by atoms with Crippen LogP contribution in [0.2, 0.25) is 0 Å². The lowest BCUT2D eigenvalue weighted by Gasteiger charge is -2.14. The molecular weight excluding hydrogens is 362 g/mol. The Morgan fingerprint density at radius 1 is 1.22 bits per heavy atom. The molecular formula is C16H18BrN3O3. The third-order valence-corrected chi connectivity index (χ3v) is 4.58. The Bertz CT molecular complexity index is 674. The normalized spacial score (nSPS) is 20.9. The zero-order valence-corrected chi connectivity index (χ0v) is 14.5. The van der Waals surface area contributed by atoms with Crippen LogP contribution < -0.4 is 0 Å². The first-order valence-electron chi connectivity index (χ1n) is 7.28. The number of ether oxygens (including phenoxy) is 2. The maximum absolute atomic E-state index is 12.6. The summed E-state index contributed by atoms with van der Waals surface area (Å²) in [6.45, 7) is 1.03. The van der Waals surface area contributed by atoms with Crippen LogP contribution in [-0.2, 0) is 9.47 Å². The van der Waals surface area contributed by atoms with E-state index < -0.39 is 0 Å². The highest BCUT2D eigenvalue weighted by Gasteiger charge is 2.36. The third kappa shape index (κ3) is 3.31. The number of aromatic nitrogens is 2. The first-order valence-corrected chi connectivity index (χ1v) is 8.08. The lowest BCUT2D eigenvalue weighted by Crippen LogP contribution is -2.30. The van der Waals surface area contributed by atoms with Crippen LogP contribution in [0, 0.1) is 0 Å². The average molecular weight is 380 g/mol. The summed E-state index contributed by atoms with van der Waals surface area (Å²) in [5, 5.41) is 7.06. The van der Waals surface area contributed by atoms with Gasteiger partial charge in [-0.1, -0.05) is 28.1 Å². The molecule has 7 heteroatoms. The highest BCUT2D eigenvalue weighted by Crippen LogP contribution is 2.22. The number of hydrogen-bond donors (Lipinski definition) is 1. The Morgan fingerprint density at radius 2 is 1.83 bits per heavy atom. The number of benzene rings is 1. The summed E-state index contributed by atoms with van der Waals surface area (Å²) in [6.07, 6.45) is -0.198. The van der Waals surface area contributed by atoms with Crippen LogP contribution in [0.1, 0.15) is 10.5 Å². The Morgan fingerprint density at radius 3 is 2.39 bits per heavy atom. The van der Waals surface area contributed by atoms with E-state index in [1.165, 1.54) is 0 Å². The Labute approximate surface area is 142 Å². The number of carbonyl (C=O) groups excluding carboxylic acids is 1. The highest BCUT2D eigenvalue weighted by atomic mass is 79.9. The molecule has 6 nitrogen and oxygen atoms in total. The molecule has 0 radical (unpaired) electrons. The van der Waals surface area contributed by atoms with Crippen molar-refractivity contribution in [3.8, 4) is 11.3 Å². The molecule has 2 atom stereocenters. The van der Waals surface area contributed by atoms with Gasteiger partial charge in [-0.2, -0.15) is 5.10 Å². The van der Waals surface area contributed by atoms with E-state index in [0.717, 1.165) is 15.7 Å². The minimum atomic E-state index is -0.0992. The summed E-state index contributed by atoms with van der Waals surface area (Å²) >= 11 is 3.40. The van der Waals surface area contributed by atoms with E-state index in [1.807, 2.05) is 24.3 Å². The molecule has 1 aliphatic heterocycles. The molecule has 1 saturated heterocycles. The van der Waals surface area contributed by atoms with Crippen molar-refractivity contribution >= 4 is 21.8 Å². The van der Waals surface area contributed by atoms with Crippen molar-refractivity contribution in [2.75, 3.05) is 27.3 Å². The molecule has 1 fully saturated rings. The smallest absolute Gasteiger partial charge is 0.272 e. The van der Waals surface area contributed by atoms with E-state index in [9.17, 15) is 4.79 Å². The molecule has 1 aromatic carbocycles. The number of nitrogens with zero attached hydrogens (tertiary/aromatic N) is 2. The second-order valence-corrected chi connectivity index (χ2v) is 6.35. The molecule has 2 heterocycles. The third-order valence-electron chi connectivity index (χ3n) is 4.06. The van der Waals surface area contributed by atoms with Gasteiger partial charge >= 0.3 is 0 Å². The second kappa shape index (κ2) is 6.82. The number of halogens is 1. The summed E-state index contributed by atoms with van der Waals surface area (Å²) in [5.41, 5.74) is 2.16. The minimum absolute atomic E-state index is 0.0949. The van der Waals surface area contributed by atoms with Gasteiger partial charge in [0.2, 0.25) is 0 Å². The van der Waals surface area contributed by atoms with Crippen molar-refractivity contribution in [3.05, 3.63) is 40.5 Å². The predicted molar refractivity (Wildman–Crippen MR) is 89.2 cm³/mol. The van der Waals surface area contributed by atoms with Crippen LogP contribution in [-0.4, -0.2) is 60.5 Å². The fraction of sp³-hybridized carbons (Fsp3) is 0.375. The van der Waals surface area contributed by atoms with Gasteiger partial charge in [0.05, 0.1) is 5.69 Å². The van der Waals surface area contributed by atoms with Crippen LogP contribution in [0.15, 0.2) is 34.8 Å². The van der Waals surface area contributed by atoms with Gasteiger partial charge in [-0.05, 0) is 18.2 Å². The molecule has 122 valence electrons. The first kappa shape index (κ1) is 16.2. The van der Waals surface area contributed by atoms with Gasteiger partial charge < -0.3 is 14.4 Å². The summed E-state index contributed by atoms with van der Waals surface area (Å²) in [5.74, 6) is -0.0949. The number of carbonyl (C=O) groups is 1. The summed E-state index contributed by atoms with van der Waals surface area (Å²) in [6, 6.07) is 9.56. The van der Waals surface area contributed by atoms with Crippen LogP contribution in [0.5, 0.6) is 0 Å². The quantitative estimate of drug-likeness (QED) is 0.884. The maximum atomic E-state index is 12.6. The van der Waals surface area contributed by atoms with Crippen LogP contribution in [0.25, 0.3) is 11.3 Å². The molecule has 1 aromatic heterocycles. The molecule has 0 saturated carbocycles. The highest BCUT2D eigenvalue weighted by molar-refractivity contribution is 9.10. The fourth-order valence-corrected chi connectivity index (χ4v) is 3.00. The zero-order valence-electron chi connectivity index (χ0n) is 13.0. The van der Waals surface area contributed by atoms with Crippen molar-refractivity contribution < 1.29 is 14.3 Å². The Kier molecular flexibility index (Phi) is 4.79. The van der Waals surface area contributed by atoms with E-state index in [1.54, 1.807) is 25.2 Å². The maximum Gasteiger partial charge on any atom is 0.272 e. The largest absolute Gasteiger partial charge is 0.377 e. The van der Waals surface area contributed by atoms with E-state index >= 15 is 0 Å². The van der Waals surface area contributed by atoms with Crippen LogP contribution >= 0.6 is 15.9 Å². The van der Waals surface area contributed by atoms with Gasteiger partial charge in [0, 0.05) is 37.3 Å². The van der Waals surface area contributed by atoms with Gasteiger partial charge in [0.1, 0.15) is 17.9 Å². The molecule has 2 aromatic rings. The second-order valence-electron chi connectivity index (χ2n) is 5.43. The summed E-state index contributed by atoms with van der Waals surface area (Å²) < 4.78 is 11.7. The molecule has 0 aliphatic carbocycles. The van der Waals surface area contributed by atoms with Gasteiger partial charge in [-0.15, -0.1) is 0 Å². The van der Waals surface area contributed by atoms with E-state index in [-0.39, 0.29) is 18.1 Å². The standard InChI is InChI=1S/C16H18BrN3O3/c1-22-14-8-20(9-15(14)23-2)16(21)13-7-12(18-19-13)10-3-5-11(17)6-4-10/h3-7,14-15H,8-9H2,1-2H3,(H,18,19)/t14-,15+. The van der Waals surface area contributed by atoms with E-state index in [4.69, 9.17) is 9.47 Å². The lowest BCUT2D eigenvalue weighted by molar-refractivity contribution is -0.00461. The van der Waals surface area contributed by atoms with Crippen molar-refractivity contribution in [2.45, 2.75) is 12.2 Å². The molecule has 1 N–H and O–H groups in total.